The Morgan fingerprint density at radius 2 is 2.08 bits per heavy atom. The molecule has 7 nitrogen and oxygen atoms in total. The van der Waals surface area contributed by atoms with E-state index in [1.165, 1.54) is 11.3 Å². The molecule has 8 heteroatoms. The van der Waals surface area contributed by atoms with Gasteiger partial charge in [-0.15, -0.1) is 17.9 Å². The Hall–Kier alpha value is -2.71. The lowest BCUT2D eigenvalue weighted by Crippen LogP contribution is -2.58. The Bertz CT molecular complexity index is 1080. The second-order valence-corrected chi connectivity index (χ2v) is 11.7. The summed E-state index contributed by atoms with van der Waals surface area (Å²) in [6.07, 6.45) is 4.09. The molecular formula is C28H38N2O5S. The van der Waals surface area contributed by atoms with Crippen molar-refractivity contribution in [3.05, 3.63) is 58.6 Å². The van der Waals surface area contributed by atoms with E-state index in [1.54, 1.807) is 36.4 Å². The Morgan fingerprint density at radius 3 is 2.61 bits per heavy atom. The van der Waals surface area contributed by atoms with Crippen LogP contribution >= 0.6 is 11.3 Å². The fourth-order valence-corrected chi connectivity index (χ4v) is 6.05. The minimum absolute atomic E-state index is 0.0335. The van der Waals surface area contributed by atoms with E-state index in [9.17, 15) is 14.7 Å². The summed E-state index contributed by atoms with van der Waals surface area (Å²) in [5.41, 5.74) is -0.260. The number of aliphatic carboxylic acids is 1. The summed E-state index contributed by atoms with van der Waals surface area (Å²) in [5, 5.41) is 13.3. The largest absolute Gasteiger partial charge is 0.496 e. The maximum absolute atomic E-state index is 14.3. The predicted molar refractivity (Wildman–Crippen MR) is 142 cm³/mol. The third-order valence-electron chi connectivity index (χ3n) is 6.78. The molecule has 1 aromatic heterocycles. The molecule has 0 radical (unpaired) electrons. The van der Waals surface area contributed by atoms with Crippen LogP contribution in [0.1, 0.15) is 74.4 Å². The fraction of sp³-hybridized carbons (Fsp3) is 0.536. The van der Waals surface area contributed by atoms with Crippen LogP contribution in [0.2, 0.25) is 0 Å². The Morgan fingerprint density at radius 1 is 1.36 bits per heavy atom. The van der Waals surface area contributed by atoms with E-state index < -0.39 is 23.5 Å². The van der Waals surface area contributed by atoms with Crippen LogP contribution in [0.15, 0.2) is 42.4 Å². The van der Waals surface area contributed by atoms with Gasteiger partial charge >= 0.3 is 5.97 Å². The van der Waals surface area contributed by atoms with Crippen LogP contribution in [0.25, 0.3) is 0 Å². The zero-order valence-corrected chi connectivity index (χ0v) is 22.9. The van der Waals surface area contributed by atoms with E-state index in [-0.39, 0.29) is 23.8 Å². The highest BCUT2D eigenvalue weighted by atomic mass is 32.1. The molecule has 36 heavy (non-hydrogen) atoms. The number of rotatable bonds is 10. The summed E-state index contributed by atoms with van der Waals surface area (Å²) < 4.78 is 11.4. The summed E-state index contributed by atoms with van der Waals surface area (Å²) in [6, 6.07) is 4.92. The Kier molecular flexibility index (Phi) is 8.62. The number of carboxylic acids is 1. The second-order valence-electron chi connectivity index (χ2n) is 10.8. The number of carbonyl (C=O) groups excluding carboxylic acids is 1. The van der Waals surface area contributed by atoms with Gasteiger partial charge in [0, 0.05) is 23.1 Å². The summed E-state index contributed by atoms with van der Waals surface area (Å²) in [5.74, 6) is -1.14. The van der Waals surface area contributed by atoms with Crippen LogP contribution < -0.4 is 4.74 Å². The third kappa shape index (κ3) is 5.34. The van der Waals surface area contributed by atoms with Crippen molar-refractivity contribution in [2.45, 2.75) is 64.5 Å². The Labute approximate surface area is 218 Å². The average Bonchev–Trinajstić information content (AvgIpc) is 3.44. The number of hydrogen-bond donors (Lipinski definition) is 1. The van der Waals surface area contributed by atoms with E-state index in [4.69, 9.17) is 9.47 Å². The topological polar surface area (TPSA) is 89.0 Å². The van der Waals surface area contributed by atoms with Crippen molar-refractivity contribution < 1.29 is 24.2 Å². The normalized spacial score (nSPS) is 22.1. The number of carbonyl (C=O) groups is 2. The van der Waals surface area contributed by atoms with E-state index in [1.807, 2.05) is 25.3 Å². The minimum Gasteiger partial charge on any atom is -0.496 e. The van der Waals surface area contributed by atoms with Gasteiger partial charge in [-0.2, -0.15) is 0 Å². The monoisotopic (exact) mass is 514 g/mol. The first kappa shape index (κ1) is 27.9. The molecular weight excluding hydrogens is 476 g/mol. The smallest absolute Gasteiger partial charge is 0.330 e. The van der Waals surface area contributed by atoms with Gasteiger partial charge in [-0.05, 0) is 41.9 Å². The molecule has 0 aliphatic carbocycles. The van der Waals surface area contributed by atoms with Gasteiger partial charge in [0.25, 0.3) is 5.91 Å². The minimum atomic E-state index is -1.45. The predicted octanol–water partition coefficient (Wildman–Crippen LogP) is 5.72. The summed E-state index contributed by atoms with van der Waals surface area (Å²) in [7, 11) is 1.58. The summed E-state index contributed by atoms with van der Waals surface area (Å²) in [4.78, 5) is 33.5. The molecule has 3 rings (SSSR count). The molecule has 1 aliphatic rings. The highest BCUT2D eigenvalue weighted by Crippen LogP contribution is 2.51. The van der Waals surface area contributed by atoms with Gasteiger partial charge in [-0.25, -0.2) is 9.78 Å². The van der Waals surface area contributed by atoms with E-state index >= 15 is 0 Å². The molecule has 3 atom stereocenters. The maximum atomic E-state index is 14.3. The van der Waals surface area contributed by atoms with Gasteiger partial charge in [0.1, 0.15) is 16.3 Å². The van der Waals surface area contributed by atoms with Gasteiger partial charge in [0.2, 0.25) is 0 Å². The quantitative estimate of drug-likeness (QED) is 0.322. The standard InChI is InChI=1S/C28H38N2O5S/c1-8-12-35-17-20-15-22(24-29-11-13-36-24)30(28(20,26(32)33)16-18(2)3)25(31)19-9-10-21(27(4,5)6)23(14-19)34-7/h8-11,13-14,18,20,22H,1,12,15-17H2,2-7H3,(H,32,33)/t20?,22-,28+/m1/s1. The molecule has 2 heterocycles. The van der Waals surface area contributed by atoms with Crippen LogP contribution in [0.5, 0.6) is 5.75 Å². The van der Waals surface area contributed by atoms with E-state index in [2.05, 4.69) is 32.3 Å². The van der Waals surface area contributed by atoms with Crippen LogP contribution in [-0.4, -0.2) is 52.7 Å². The fourth-order valence-electron chi connectivity index (χ4n) is 5.31. The number of nitrogens with zero attached hydrogens (tertiary/aromatic N) is 2. The maximum Gasteiger partial charge on any atom is 0.330 e. The lowest BCUT2D eigenvalue weighted by Gasteiger charge is -2.41. The number of aromatic nitrogens is 1. The van der Waals surface area contributed by atoms with Crippen molar-refractivity contribution in [2.24, 2.45) is 11.8 Å². The lowest BCUT2D eigenvalue weighted by atomic mass is 9.78. The zero-order chi connectivity index (χ0) is 26.7. The van der Waals surface area contributed by atoms with Crippen LogP contribution in [0, 0.1) is 11.8 Å². The van der Waals surface area contributed by atoms with E-state index in [0.29, 0.717) is 30.8 Å². The van der Waals surface area contributed by atoms with Gasteiger partial charge in [0.15, 0.2) is 0 Å². The number of ether oxygens (including phenoxy) is 2. The van der Waals surface area contributed by atoms with Crippen LogP contribution in [-0.2, 0) is 14.9 Å². The lowest BCUT2D eigenvalue weighted by molar-refractivity contribution is -0.154. The number of amides is 1. The second kappa shape index (κ2) is 11.1. The molecule has 0 bridgehead atoms. The number of benzene rings is 1. The number of thiazole rings is 1. The zero-order valence-electron chi connectivity index (χ0n) is 22.1. The van der Waals surface area contributed by atoms with Crippen molar-refractivity contribution in [1.29, 1.82) is 0 Å². The van der Waals surface area contributed by atoms with Gasteiger partial charge in [0.05, 0.1) is 26.4 Å². The number of methoxy groups -OCH3 is 1. The molecule has 196 valence electrons. The summed E-state index contributed by atoms with van der Waals surface area (Å²) in [6.45, 7) is 14.4. The third-order valence-corrected chi connectivity index (χ3v) is 7.66. The summed E-state index contributed by atoms with van der Waals surface area (Å²) >= 11 is 1.43. The average molecular weight is 515 g/mol. The van der Waals surface area contributed by atoms with Crippen LogP contribution in [0.4, 0.5) is 0 Å². The number of hydrogen-bond acceptors (Lipinski definition) is 6. The van der Waals surface area contributed by atoms with Gasteiger partial charge in [-0.3, -0.25) is 4.79 Å². The van der Waals surface area contributed by atoms with Crippen LogP contribution in [0.3, 0.4) is 0 Å². The molecule has 1 aromatic carbocycles. The van der Waals surface area contributed by atoms with Gasteiger partial charge < -0.3 is 19.5 Å². The molecule has 1 fully saturated rings. The molecule has 1 saturated heterocycles. The van der Waals surface area contributed by atoms with Crippen molar-refractivity contribution in [3.63, 3.8) is 0 Å². The molecule has 0 saturated carbocycles. The van der Waals surface area contributed by atoms with Gasteiger partial charge in [-0.1, -0.05) is 46.8 Å². The molecule has 1 unspecified atom stereocenters. The molecule has 0 spiro atoms. The van der Waals surface area contributed by atoms with Crippen molar-refractivity contribution in [1.82, 2.24) is 9.88 Å². The SMILES string of the molecule is C=CCOCC1C[C@H](c2nccs2)N(C(=O)c2ccc(C(C)(C)C)c(OC)c2)[C@]1(CC(C)C)C(=O)O. The number of carboxylic acid groups (broad SMARTS) is 1. The highest BCUT2D eigenvalue weighted by molar-refractivity contribution is 7.09. The highest BCUT2D eigenvalue weighted by Gasteiger charge is 2.61. The first-order chi connectivity index (χ1) is 17.0. The van der Waals surface area contributed by atoms with E-state index in [0.717, 1.165) is 10.6 Å². The molecule has 1 amide bonds. The Balaban J connectivity index is 2.18. The number of likely N-dealkylation sites (tertiary alicyclic amines) is 1. The molecule has 1 N–H and O–H groups in total. The first-order valence-electron chi connectivity index (χ1n) is 12.3. The molecule has 2 aromatic rings. The first-order valence-corrected chi connectivity index (χ1v) is 13.2. The molecule has 1 aliphatic heterocycles. The van der Waals surface area contributed by atoms with Crippen molar-refractivity contribution >= 4 is 23.2 Å². The van der Waals surface area contributed by atoms with Crippen molar-refractivity contribution in [2.75, 3.05) is 20.3 Å². The van der Waals surface area contributed by atoms with Crippen molar-refractivity contribution in [3.8, 4) is 5.75 Å².